The molecule has 0 spiro atoms. The average Bonchev–Trinajstić information content (AvgIpc) is 3.08. The molecule has 1 amide bonds. The Balaban J connectivity index is 1.51. The number of esters is 1. The minimum atomic E-state index is -0.671. The summed E-state index contributed by atoms with van der Waals surface area (Å²) in [6, 6.07) is 8.91. The van der Waals surface area contributed by atoms with Crippen LogP contribution in [0.25, 0.3) is 10.9 Å². The highest BCUT2D eigenvalue weighted by molar-refractivity contribution is 5.94. The molecule has 4 aromatic rings. The highest BCUT2D eigenvalue weighted by Gasteiger charge is 2.28. The molecule has 5 N–H and O–H groups in total. The summed E-state index contributed by atoms with van der Waals surface area (Å²) in [5.41, 5.74) is 14.1. The van der Waals surface area contributed by atoms with Gasteiger partial charge >= 0.3 is 12.1 Å². The minimum Gasteiger partial charge on any atom is -0.493 e. The van der Waals surface area contributed by atoms with E-state index in [1.54, 1.807) is 45.7 Å². The predicted octanol–water partition coefficient (Wildman–Crippen LogP) is 5.15. The number of nitrogens with zero attached hydrogens (tertiary/aromatic N) is 3. The Bertz CT molecular complexity index is 2070. The molecule has 0 saturated heterocycles. The van der Waals surface area contributed by atoms with Gasteiger partial charge in [-0.2, -0.15) is 4.98 Å². The molecule has 5 rings (SSSR count). The second-order valence-electron chi connectivity index (χ2n) is 13.3. The van der Waals surface area contributed by atoms with Crippen molar-refractivity contribution in [2.45, 2.75) is 77.5 Å². The third-order valence-corrected chi connectivity index (χ3v) is 8.53. The van der Waals surface area contributed by atoms with Crippen molar-refractivity contribution in [3.05, 3.63) is 80.8 Å². The molecule has 51 heavy (non-hydrogen) atoms. The third kappa shape index (κ3) is 8.70. The summed E-state index contributed by atoms with van der Waals surface area (Å²) in [5.74, 6) is 7.10. The van der Waals surface area contributed by atoms with E-state index in [0.717, 1.165) is 5.56 Å². The topological polar surface area (TPSA) is 183 Å². The van der Waals surface area contributed by atoms with E-state index in [0.29, 0.717) is 71.2 Å². The molecule has 0 atom stereocenters. The van der Waals surface area contributed by atoms with Crippen LogP contribution in [0.5, 0.6) is 11.5 Å². The summed E-state index contributed by atoms with van der Waals surface area (Å²) < 4.78 is 24.0. The number of methoxy groups -OCH3 is 2. The van der Waals surface area contributed by atoms with Crippen molar-refractivity contribution in [3.8, 4) is 23.3 Å². The molecule has 268 valence electrons. The molecule has 1 saturated carbocycles. The number of nitrogens with two attached hydrogens (primary N) is 2. The number of amides is 1. The van der Waals surface area contributed by atoms with E-state index in [1.165, 1.54) is 0 Å². The number of benzene rings is 2. The fraction of sp³-hybridized carbons (Fsp3) is 0.395. The van der Waals surface area contributed by atoms with Crippen LogP contribution in [0.2, 0.25) is 0 Å². The molecule has 1 aliphatic carbocycles. The van der Waals surface area contributed by atoms with Crippen molar-refractivity contribution < 1.29 is 28.5 Å². The molecule has 0 unspecified atom stereocenters. The number of carbonyl (C=O) groups excluding carboxylic acids is 2. The number of rotatable bonds is 8. The molecule has 1 aliphatic rings. The Kier molecular flexibility index (Phi) is 11.0. The monoisotopic (exact) mass is 696 g/mol. The average molecular weight is 697 g/mol. The Morgan fingerprint density at radius 3 is 2.43 bits per heavy atom. The number of anilines is 2. The van der Waals surface area contributed by atoms with Gasteiger partial charge in [0.15, 0.2) is 11.5 Å². The van der Waals surface area contributed by atoms with Gasteiger partial charge in [-0.25, -0.2) is 14.6 Å². The van der Waals surface area contributed by atoms with Crippen molar-refractivity contribution in [2.75, 3.05) is 32.3 Å². The number of alkyl carbamates (subject to hydrolysis) is 1. The summed E-state index contributed by atoms with van der Waals surface area (Å²) in [4.78, 5) is 47.0. The fourth-order valence-electron chi connectivity index (χ4n) is 6.20. The van der Waals surface area contributed by atoms with E-state index < -0.39 is 23.1 Å². The molecular weight excluding hydrogens is 652 g/mol. The van der Waals surface area contributed by atoms with E-state index in [1.807, 2.05) is 43.5 Å². The van der Waals surface area contributed by atoms with Gasteiger partial charge in [0.1, 0.15) is 17.0 Å². The maximum absolute atomic E-state index is 13.6. The van der Waals surface area contributed by atoms with Crippen molar-refractivity contribution in [2.24, 2.45) is 0 Å². The van der Waals surface area contributed by atoms with E-state index in [9.17, 15) is 14.4 Å². The summed E-state index contributed by atoms with van der Waals surface area (Å²) in [6.07, 6.45) is 5.92. The Morgan fingerprint density at radius 1 is 1.04 bits per heavy atom. The van der Waals surface area contributed by atoms with Crippen molar-refractivity contribution in [1.82, 2.24) is 19.9 Å². The van der Waals surface area contributed by atoms with Crippen LogP contribution in [0, 0.1) is 11.8 Å². The summed E-state index contributed by atoms with van der Waals surface area (Å²) in [5, 5.41) is 3.35. The third-order valence-electron chi connectivity index (χ3n) is 8.53. The number of carbonyl (C=O) groups is 2. The lowest BCUT2D eigenvalue weighted by Gasteiger charge is -2.32. The molecule has 2 heterocycles. The van der Waals surface area contributed by atoms with Gasteiger partial charge in [0.2, 0.25) is 11.4 Å². The van der Waals surface area contributed by atoms with Crippen molar-refractivity contribution in [1.29, 1.82) is 0 Å². The quantitative estimate of drug-likeness (QED) is 0.164. The standard InChI is InChI=1S/C38H44N6O7/c1-7-50-35(46)29-21-44(27-13-11-26(12-14-27)42-37(47)51-38(2,3)4)30-18-22(9-15-28(30)32(29)45)8-10-24-16-23(19-31(48-5)33(24)49-6)17-25-20-41-36(40)43-34(25)39/h9,15-16,18-21,26-27H,7,11-14,17H2,1-6H3,(H,42,47)(H4,39,40,41,43)/t26-,27-. The normalized spacial score (nSPS) is 15.7. The van der Waals surface area contributed by atoms with E-state index in [-0.39, 0.29) is 36.0 Å². The lowest BCUT2D eigenvalue weighted by molar-refractivity contribution is 0.0483. The summed E-state index contributed by atoms with van der Waals surface area (Å²) in [6.45, 7) is 7.31. The lowest BCUT2D eigenvalue weighted by Crippen LogP contribution is -2.41. The van der Waals surface area contributed by atoms with E-state index in [2.05, 4.69) is 27.1 Å². The molecule has 0 bridgehead atoms. The van der Waals surface area contributed by atoms with Gasteiger partial charge in [-0.05, 0) is 89.3 Å². The Morgan fingerprint density at radius 2 is 1.78 bits per heavy atom. The van der Waals surface area contributed by atoms with Crippen LogP contribution >= 0.6 is 0 Å². The van der Waals surface area contributed by atoms with Crippen LogP contribution in [-0.2, 0) is 15.9 Å². The van der Waals surface area contributed by atoms with Gasteiger partial charge in [0, 0.05) is 47.4 Å². The zero-order valence-corrected chi connectivity index (χ0v) is 29.8. The molecule has 2 aromatic carbocycles. The molecule has 0 aliphatic heterocycles. The SMILES string of the molecule is CCOC(=O)c1cn([C@H]2CC[C@H](NC(=O)OC(C)(C)C)CC2)c2cc(C#Cc3cc(Cc4cnc(N)nc4N)cc(OC)c3OC)ccc2c1=O. The highest BCUT2D eigenvalue weighted by Crippen LogP contribution is 2.34. The number of hydrogen-bond acceptors (Lipinski definition) is 11. The summed E-state index contributed by atoms with van der Waals surface area (Å²) in [7, 11) is 3.09. The van der Waals surface area contributed by atoms with Crippen LogP contribution < -0.4 is 31.7 Å². The lowest BCUT2D eigenvalue weighted by atomic mass is 9.90. The number of hydrogen-bond donors (Lipinski definition) is 3. The minimum absolute atomic E-state index is 0.0297. The number of aromatic nitrogens is 3. The maximum atomic E-state index is 13.6. The van der Waals surface area contributed by atoms with E-state index >= 15 is 0 Å². The fourth-order valence-corrected chi connectivity index (χ4v) is 6.20. The van der Waals surface area contributed by atoms with Crippen LogP contribution in [0.1, 0.15) is 92.0 Å². The second-order valence-corrected chi connectivity index (χ2v) is 13.3. The van der Waals surface area contributed by atoms with Crippen LogP contribution in [-0.4, -0.2) is 59.1 Å². The van der Waals surface area contributed by atoms with Gasteiger partial charge in [-0.3, -0.25) is 4.79 Å². The first-order valence-corrected chi connectivity index (χ1v) is 16.8. The van der Waals surface area contributed by atoms with Gasteiger partial charge in [0.25, 0.3) is 0 Å². The molecule has 2 aromatic heterocycles. The van der Waals surface area contributed by atoms with Crippen molar-refractivity contribution in [3.63, 3.8) is 0 Å². The van der Waals surface area contributed by atoms with Gasteiger partial charge in [-0.15, -0.1) is 0 Å². The van der Waals surface area contributed by atoms with Crippen molar-refractivity contribution >= 4 is 34.7 Å². The van der Waals surface area contributed by atoms with Crippen LogP contribution in [0.4, 0.5) is 16.6 Å². The van der Waals surface area contributed by atoms with Gasteiger partial charge in [0.05, 0.1) is 31.9 Å². The highest BCUT2D eigenvalue weighted by atomic mass is 16.6. The Labute approximate surface area is 296 Å². The molecule has 0 radical (unpaired) electrons. The van der Waals surface area contributed by atoms with E-state index in [4.69, 9.17) is 30.4 Å². The largest absolute Gasteiger partial charge is 0.493 e. The van der Waals surface area contributed by atoms with Crippen LogP contribution in [0.3, 0.4) is 0 Å². The maximum Gasteiger partial charge on any atom is 0.407 e. The zero-order valence-electron chi connectivity index (χ0n) is 29.8. The first kappa shape index (κ1) is 36.5. The molecule has 13 heteroatoms. The molecular formula is C38H44N6O7. The summed E-state index contributed by atoms with van der Waals surface area (Å²) >= 11 is 0. The Hall–Kier alpha value is -5.77. The number of ether oxygens (including phenoxy) is 4. The number of nitrogens with one attached hydrogen (secondary N) is 1. The first-order chi connectivity index (χ1) is 24.3. The van der Waals surface area contributed by atoms with Crippen LogP contribution in [0.15, 0.2) is 47.5 Å². The number of pyridine rings is 1. The second kappa shape index (κ2) is 15.4. The molecule has 1 fully saturated rings. The smallest absolute Gasteiger partial charge is 0.407 e. The van der Waals surface area contributed by atoms with Gasteiger partial charge < -0.3 is 40.3 Å². The first-order valence-electron chi connectivity index (χ1n) is 16.8. The number of fused-ring (bicyclic) bond motifs is 1. The molecule has 13 nitrogen and oxygen atoms in total. The van der Waals surface area contributed by atoms with Gasteiger partial charge in [-0.1, -0.05) is 11.8 Å². The predicted molar refractivity (Wildman–Crippen MR) is 194 cm³/mol. The number of nitrogen functional groups attached to an aromatic ring is 2. The zero-order chi connectivity index (χ0) is 36.9.